The number of carboxylic acid groups (broad SMARTS) is 2. The summed E-state index contributed by atoms with van der Waals surface area (Å²) in [5.41, 5.74) is 16.1. The van der Waals surface area contributed by atoms with Crippen LogP contribution in [0, 0.1) is 0 Å². The zero-order valence-corrected chi connectivity index (χ0v) is 17.8. The molecule has 15 heteroatoms. The number of aliphatic carboxylic acids is 2. The van der Waals surface area contributed by atoms with Crippen LogP contribution in [0.2, 0.25) is 0 Å². The predicted octanol–water partition coefficient (Wildman–Crippen LogP) is -3.67. The molecular formula is C16H29N7O7S. The average Bonchev–Trinajstić information content (AvgIpc) is 2.67. The molecule has 11 N–H and O–H groups in total. The van der Waals surface area contributed by atoms with Crippen LogP contribution in [0.15, 0.2) is 4.99 Å². The van der Waals surface area contributed by atoms with E-state index < -0.39 is 60.2 Å². The van der Waals surface area contributed by atoms with Crippen molar-refractivity contribution in [2.24, 2.45) is 22.2 Å². The minimum atomic E-state index is -1.67. The lowest BCUT2D eigenvalue weighted by Gasteiger charge is -2.22. The summed E-state index contributed by atoms with van der Waals surface area (Å²) in [6.45, 7) is 1.55. The molecule has 0 spiro atoms. The molecule has 0 aromatic rings. The molecule has 0 rings (SSSR count). The monoisotopic (exact) mass is 463 g/mol. The molecule has 14 nitrogen and oxygen atoms in total. The van der Waals surface area contributed by atoms with E-state index in [0.717, 1.165) is 0 Å². The molecule has 176 valence electrons. The largest absolute Gasteiger partial charge is 0.481 e. The Labute approximate surface area is 183 Å². The van der Waals surface area contributed by atoms with Crippen molar-refractivity contribution >= 4 is 48.2 Å². The number of hydrogen-bond donors (Lipinski definition) is 9. The highest BCUT2D eigenvalue weighted by Gasteiger charge is 2.28. The molecule has 0 aromatic carbocycles. The van der Waals surface area contributed by atoms with E-state index in [-0.39, 0.29) is 24.7 Å². The molecular weight excluding hydrogens is 434 g/mol. The summed E-state index contributed by atoms with van der Waals surface area (Å²) in [6.07, 6.45) is -0.150. The van der Waals surface area contributed by atoms with Crippen molar-refractivity contribution in [3.63, 3.8) is 0 Å². The van der Waals surface area contributed by atoms with Gasteiger partial charge in [-0.2, -0.15) is 12.6 Å². The molecule has 0 saturated heterocycles. The number of aliphatic imine (C=N–C) groups is 1. The molecule has 0 saturated carbocycles. The van der Waals surface area contributed by atoms with Crippen molar-refractivity contribution in [3.05, 3.63) is 0 Å². The van der Waals surface area contributed by atoms with Gasteiger partial charge >= 0.3 is 11.9 Å². The number of guanidine groups is 1. The summed E-state index contributed by atoms with van der Waals surface area (Å²) in [7, 11) is 0. The van der Waals surface area contributed by atoms with E-state index >= 15 is 0 Å². The molecule has 3 amide bonds. The zero-order valence-electron chi connectivity index (χ0n) is 16.9. The van der Waals surface area contributed by atoms with Gasteiger partial charge < -0.3 is 43.4 Å². The van der Waals surface area contributed by atoms with E-state index in [1.807, 2.05) is 5.32 Å². The van der Waals surface area contributed by atoms with E-state index in [0.29, 0.717) is 6.42 Å². The van der Waals surface area contributed by atoms with E-state index in [1.165, 1.54) is 6.92 Å². The molecule has 0 radical (unpaired) electrons. The standard InChI is InChI=1S/C16H29N7O7S/c1-7(12(26)22-9(15(29)30)5-11(24)25)21-14(28)10(6-31)23-13(27)8(17)3-2-4-20-16(18)19/h7-10,31H,2-6,17H2,1H3,(H,21,28)(H,22,26)(H,23,27)(H,24,25)(H,29,30)(H4,18,19,20). The maximum Gasteiger partial charge on any atom is 0.326 e. The minimum Gasteiger partial charge on any atom is -0.481 e. The first-order valence-corrected chi connectivity index (χ1v) is 9.79. The first kappa shape index (κ1) is 27.9. The van der Waals surface area contributed by atoms with Gasteiger partial charge in [0.1, 0.15) is 18.1 Å². The number of carboxylic acids is 2. The van der Waals surface area contributed by atoms with Crippen LogP contribution < -0.4 is 33.2 Å². The van der Waals surface area contributed by atoms with E-state index in [2.05, 4.69) is 28.3 Å². The van der Waals surface area contributed by atoms with E-state index in [9.17, 15) is 24.0 Å². The Morgan fingerprint density at radius 1 is 0.968 bits per heavy atom. The summed E-state index contributed by atoms with van der Waals surface area (Å²) in [5.74, 6) is -5.44. The Kier molecular flexibility index (Phi) is 12.6. The van der Waals surface area contributed by atoms with Gasteiger partial charge in [-0.3, -0.25) is 24.2 Å². The molecule has 4 atom stereocenters. The molecule has 0 bridgehead atoms. The third-order valence-corrected chi connectivity index (χ3v) is 4.23. The fourth-order valence-electron chi connectivity index (χ4n) is 2.17. The number of carbonyl (C=O) groups is 5. The van der Waals surface area contributed by atoms with E-state index in [1.54, 1.807) is 0 Å². The van der Waals surface area contributed by atoms with Crippen LogP contribution in [-0.4, -0.2) is 82.3 Å². The fraction of sp³-hybridized carbons (Fsp3) is 0.625. The number of carbonyl (C=O) groups excluding carboxylic acids is 3. The van der Waals surface area contributed by atoms with Gasteiger partial charge in [0.2, 0.25) is 17.7 Å². The predicted molar refractivity (Wildman–Crippen MR) is 113 cm³/mol. The molecule has 0 heterocycles. The van der Waals surface area contributed by atoms with Gasteiger partial charge in [-0.05, 0) is 19.8 Å². The molecule has 31 heavy (non-hydrogen) atoms. The van der Waals surface area contributed by atoms with Gasteiger partial charge in [-0.15, -0.1) is 0 Å². The minimum absolute atomic E-state index is 0.0828. The number of hydrogen-bond acceptors (Lipinski definition) is 8. The second-order valence-electron chi connectivity index (χ2n) is 6.53. The van der Waals surface area contributed by atoms with Gasteiger partial charge in [0.25, 0.3) is 0 Å². The second kappa shape index (κ2) is 14.0. The Morgan fingerprint density at radius 3 is 2.03 bits per heavy atom. The van der Waals surface area contributed by atoms with Gasteiger partial charge in [0.15, 0.2) is 5.96 Å². The Balaban J connectivity index is 4.74. The Morgan fingerprint density at radius 2 is 1.55 bits per heavy atom. The summed E-state index contributed by atoms with van der Waals surface area (Å²) in [6, 6.07) is -4.93. The van der Waals surface area contributed by atoms with Gasteiger partial charge in [-0.25, -0.2) is 4.79 Å². The maximum atomic E-state index is 12.3. The number of rotatable bonds is 14. The lowest BCUT2D eigenvalue weighted by molar-refractivity contribution is -0.147. The van der Waals surface area contributed by atoms with Crippen LogP contribution in [0.25, 0.3) is 0 Å². The van der Waals surface area contributed by atoms with Crippen LogP contribution >= 0.6 is 12.6 Å². The van der Waals surface area contributed by atoms with Gasteiger partial charge in [-0.1, -0.05) is 0 Å². The number of amides is 3. The van der Waals surface area contributed by atoms with E-state index in [4.69, 9.17) is 27.4 Å². The number of nitrogens with zero attached hydrogens (tertiary/aromatic N) is 1. The van der Waals surface area contributed by atoms with Crippen LogP contribution in [0.4, 0.5) is 0 Å². The highest BCUT2D eigenvalue weighted by atomic mass is 32.1. The fourth-order valence-corrected chi connectivity index (χ4v) is 2.43. The molecule has 0 aromatic heterocycles. The topological polar surface area (TPSA) is 252 Å². The molecule has 0 aliphatic rings. The van der Waals surface area contributed by atoms with Crippen molar-refractivity contribution in [2.75, 3.05) is 12.3 Å². The van der Waals surface area contributed by atoms with Crippen molar-refractivity contribution < 1.29 is 34.2 Å². The summed E-state index contributed by atoms with van der Waals surface area (Å²) >= 11 is 3.99. The highest BCUT2D eigenvalue weighted by Crippen LogP contribution is 1.99. The first-order valence-electron chi connectivity index (χ1n) is 9.16. The maximum absolute atomic E-state index is 12.3. The molecule has 0 aliphatic carbocycles. The van der Waals surface area contributed by atoms with Crippen molar-refractivity contribution in [2.45, 2.75) is 50.4 Å². The summed E-state index contributed by atoms with van der Waals surface area (Å²) in [5, 5.41) is 24.4. The van der Waals surface area contributed by atoms with Crippen molar-refractivity contribution in [1.29, 1.82) is 0 Å². The first-order chi connectivity index (χ1) is 14.4. The molecule has 0 fully saturated rings. The number of nitrogens with one attached hydrogen (secondary N) is 3. The number of thiol groups is 1. The van der Waals surface area contributed by atoms with Crippen molar-refractivity contribution in [3.8, 4) is 0 Å². The van der Waals surface area contributed by atoms with Crippen LogP contribution in [-0.2, 0) is 24.0 Å². The summed E-state index contributed by atoms with van der Waals surface area (Å²) in [4.78, 5) is 62.0. The van der Waals surface area contributed by atoms with Crippen LogP contribution in [0.5, 0.6) is 0 Å². The zero-order chi connectivity index (χ0) is 24.1. The number of nitrogens with two attached hydrogens (primary N) is 3. The van der Waals surface area contributed by atoms with Gasteiger partial charge in [0, 0.05) is 12.3 Å². The van der Waals surface area contributed by atoms with Crippen LogP contribution in [0.1, 0.15) is 26.2 Å². The van der Waals surface area contributed by atoms with Crippen molar-refractivity contribution in [1.82, 2.24) is 16.0 Å². The smallest absolute Gasteiger partial charge is 0.326 e. The third kappa shape index (κ3) is 11.6. The second-order valence-corrected chi connectivity index (χ2v) is 6.89. The normalized spacial score (nSPS) is 14.3. The van der Waals surface area contributed by atoms with Gasteiger partial charge in [0.05, 0.1) is 12.5 Å². The quantitative estimate of drug-likeness (QED) is 0.0528. The molecule has 0 aliphatic heterocycles. The third-order valence-electron chi connectivity index (χ3n) is 3.87. The lowest BCUT2D eigenvalue weighted by Crippen LogP contribution is -2.57. The molecule has 4 unspecified atom stereocenters. The Hall–Kier alpha value is -3.07. The summed E-state index contributed by atoms with van der Waals surface area (Å²) < 4.78 is 0. The Bertz CT molecular complexity index is 700. The highest BCUT2D eigenvalue weighted by molar-refractivity contribution is 7.80. The average molecular weight is 464 g/mol. The van der Waals surface area contributed by atoms with Crippen LogP contribution in [0.3, 0.4) is 0 Å². The SMILES string of the molecule is CC(NC(=O)C(CS)NC(=O)C(N)CCCN=C(N)N)C(=O)NC(CC(=O)O)C(=O)O. The lowest BCUT2D eigenvalue weighted by atomic mass is 10.1.